The van der Waals surface area contributed by atoms with Crippen LogP contribution in [0.5, 0.6) is 17.2 Å². The van der Waals surface area contributed by atoms with Crippen LogP contribution in [0.1, 0.15) is 18.1 Å². The van der Waals surface area contributed by atoms with Crippen LogP contribution in [0.3, 0.4) is 0 Å². The second kappa shape index (κ2) is 11.4. The molecule has 2 N–H and O–H groups in total. The maximum absolute atomic E-state index is 12.4. The average molecular weight is 420 g/mol. The summed E-state index contributed by atoms with van der Waals surface area (Å²) in [6, 6.07) is 11.5. The van der Waals surface area contributed by atoms with Crippen molar-refractivity contribution in [2.24, 2.45) is 0 Å². The quantitative estimate of drug-likeness (QED) is 0.481. The van der Waals surface area contributed by atoms with E-state index in [2.05, 4.69) is 15.6 Å². The molecule has 0 aliphatic carbocycles. The zero-order valence-corrected chi connectivity index (χ0v) is 16.5. The topological polar surface area (TPSA) is 85.9 Å². The molecule has 0 unspecified atom stereocenters. The van der Waals surface area contributed by atoms with Crippen molar-refractivity contribution in [1.29, 1.82) is 0 Å². The number of hydrazine groups is 1. The standard InChI is InChI=1S/C21H22F2N2O5/c1-3-28-18-12-15(8-10-17(18)30-21(22)23)9-11-19(26)24-25-20(27)13-29-16-7-5-4-6-14(16)2/h4-12,21H,3,13H2,1-2H3,(H,24,26)(H,25,27)/b11-9+. The average Bonchev–Trinajstić information content (AvgIpc) is 2.71. The van der Waals surface area contributed by atoms with E-state index in [1.165, 1.54) is 30.4 Å². The lowest BCUT2D eigenvalue weighted by atomic mass is 10.2. The highest BCUT2D eigenvalue weighted by Crippen LogP contribution is 2.30. The maximum Gasteiger partial charge on any atom is 0.387 e. The zero-order valence-electron chi connectivity index (χ0n) is 16.5. The van der Waals surface area contributed by atoms with Gasteiger partial charge in [0.25, 0.3) is 11.8 Å². The molecule has 0 fully saturated rings. The molecule has 0 heterocycles. The summed E-state index contributed by atoms with van der Waals surface area (Å²) >= 11 is 0. The van der Waals surface area contributed by atoms with Crippen LogP contribution in [0, 0.1) is 6.92 Å². The van der Waals surface area contributed by atoms with Crippen molar-refractivity contribution in [2.45, 2.75) is 20.5 Å². The molecule has 7 nitrogen and oxygen atoms in total. The van der Waals surface area contributed by atoms with Gasteiger partial charge in [-0.15, -0.1) is 0 Å². The minimum atomic E-state index is -2.98. The molecule has 0 atom stereocenters. The third kappa shape index (κ3) is 7.42. The van der Waals surface area contributed by atoms with Gasteiger partial charge in [0.2, 0.25) is 0 Å². The van der Waals surface area contributed by atoms with Crippen molar-refractivity contribution in [2.75, 3.05) is 13.2 Å². The summed E-state index contributed by atoms with van der Waals surface area (Å²) in [5, 5.41) is 0. The Labute approximate surface area is 172 Å². The fourth-order valence-corrected chi connectivity index (χ4v) is 2.33. The molecule has 0 aromatic heterocycles. The maximum atomic E-state index is 12.4. The molecule has 2 aromatic rings. The summed E-state index contributed by atoms with van der Waals surface area (Å²) in [6.07, 6.45) is 2.60. The summed E-state index contributed by atoms with van der Waals surface area (Å²) in [5.74, 6) is -0.531. The van der Waals surface area contributed by atoms with Gasteiger partial charge in [0.15, 0.2) is 18.1 Å². The van der Waals surface area contributed by atoms with Crippen molar-refractivity contribution < 1.29 is 32.6 Å². The van der Waals surface area contributed by atoms with Gasteiger partial charge in [-0.25, -0.2) is 0 Å². The third-order valence-electron chi connectivity index (χ3n) is 3.69. The van der Waals surface area contributed by atoms with Crippen molar-refractivity contribution >= 4 is 17.9 Å². The molecule has 2 amide bonds. The highest BCUT2D eigenvalue weighted by molar-refractivity contribution is 5.93. The van der Waals surface area contributed by atoms with Gasteiger partial charge in [-0.2, -0.15) is 8.78 Å². The SMILES string of the molecule is CCOc1cc(/C=C/C(=O)NNC(=O)COc2ccccc2C)ccc1OC(F)F. The van der Waals surface area contributed by atoms with Crippen molar-refractivity contribution in [3.05, 3.63) is 59.7 Å². The Bertz CT molecular complexity index is 903. The molecule has 0 saturated carbocycles. The molecule has 0 radical (unpaired) electrons. The lowest BCUT2D eigenvalue weighted by Crippen LogP contribution is -2.43. The van der Waals surface area contributed by atoms with Crippen LogP contribution in [0.4, 0.5) is 8.78 Å². The van der Waals surface area contributed by atoms with E-state index in [0.717, 1.165) is 5.56 Å². The summed E-state index contributed by atoms with van der Waals surface area (Å²) in [7, 11) is 0. The first-order valence-electron chi connectivity index (χ1n) is 9.06. The minimum absolute atomic E-state index is 0.102. The number of benzene rings is 2. The minimum Gasteiger partial charge on any atom is -0.490 e. The Morgan fingerprint density at radius 3 is 2.50 bits per heavy atom. The van der Waals surface area contributed by atoms with Gasteiger partial charge in [-0.05, 0) is 49.2 Å². The first-order chi connectivity index (χ1) is 14.4. The molecular formula is C21H22F2N2O5. The number of alkyl halides is 2. The van der Waals surface area contributed by atoms with Gasteiger partial charge in [0.05, 0.1) is 6.61 Å². The number of hydrogen-bond donors (Lipinski definition) is 2. The number of amides is 2. The molecule has 2 rings (SSSR count). The molecule has 9 heteroatoms. The van der Waals surface area contributed by atoms with Gasteiger partial charge in [0, 0.05) is 6.08 Å². The number of halogens is 2. The zero-order chi connectivity index (χ0) is 21.9. The van der Waals surface area contributed by atoms with Gasteiger partial charge in [0.1, 0.15) is 5.75 Å². The predicted octanol–water partition coefficient (Wildman–Crippen LogP) is 3.23. The first kappa shape index (κ1) is 22.7. The van der Waals surface area contributed by atoms with Crippen LogP contribution in [0.25, 0.3) is 6.08 Å². The number of rotatable bonds is 9. The van der Waals surface area contributed by atoms with Gasteiger partial charge >= 0.3 is 6.61 Å². The number of carbonyl (C=O) groups is 2. The number of aryl methyl sites for hydroxylation is 1. The molecule has 30 heavy (non-hydrogen) atoms. The van der Waals surface area contributed by atoms with Crippen LogP contribution in [0.15, 0.2) is 48.5 Å². The Kier molecular flexibility index (Phi) is 8.61. The summed E-state index contributed by atoms with van der Waals surface area (Å²) in [4.78, 5) is 23.6. The van der Waals surface area contributed by atoms with E-state index in [1.807, 2.05) is 19.1 Å². The van der Waals surface area contributed by atoms with E-state index in [1.54, 1.807) is 19.1 Å². The molecule has 0 spiro atoms. The molecule has 160 valence electrons. The normalized spacial score (nSPS) is 10.7. The van der Waals surface area contributed by atoms with Crippen LogP contribution >= 0.6 is 0 Å². The highest BCUT2D eigenvalue weighted by atomic mass is 19.3. The number of ether oxygens (including phenoxy) is 3. The highest BCUT2D eigenvalue weighted by Gasteiger charge is 2.11. The Balaban J connectivity index is 1.85. The molecule has 0 saturated heterocycles. The van der Waals surface area contributed by atoms with Crippen LogP contribution in [0.2, 0.25) is 0 Å². The Hall–Kier alpha value is -3.62. The van der Waals surface area contributed by atoms with Crippen LogP contribution < -0.4 is 25.1 Å². The van der Waals surface area contributed by atoms with Gasteiger partial charge < -0.3 is 14.2 Å². The van der Waals surface area contributed by atoms with E-state index >= 15 is 0 Å². The van der Waals surface area contributed by atoms with E-state index in [4.69, 9.17) is 9.47 Å². The summed E-state index contributed by atoms with van der Waals surface area (Å²) in [5.41, 5.74) is 5.85. The number of nitrogens with one attached hydrogen (secondary N) is 2. The van der Waals surface area contributed by atoms with Gasteiger partial charge in [-0.3, -0.25) is 20.4 Å². The molecule has 0 bridgehead atoms. The van der Waals surface area contributed by atoms with Crippen LogP contribution in [-0.2, 0) is 9.59 Å². The van der Waals surface area contributed by atoms with Crippen molar-refractivity contribution in [3.8, 4) is 17.2 Å². The summed E-state index contributed by atoms with van der Waals surface area (Å²) in [6.45, 7) is 0.563. The lowest BCUT2D eigenvalue weighted by molar-refractivity contribution is -0.128. The number of para-hydroxylation sites is 1. The Morgan fingerprint density at radius 1 is 1.03 bits per heavy atom. The van der Waals surface area contributed by atoms with E-state index in [-0.39, 0.29) is 24.7 Å². The fraction of sp³-hybridized carbons (Fsp3) is 0.238. The molecule has 0 aliphatic rings. The largest absolute Gasteiger partial charge is 0.490 e. The summed E-state index contributed by atoms with van der Waals surface area (Å²) < 4.78 is 39.9. The lowest BCUT2D eigenvalue weighted by Gasteiger charge is -2.11. The van der Waals surface area contributed by atoms with Crippen molar-refractivity contribution in [1.82, 2.24) is 10.9 Å². The Morgan fingerprint density at radius 2 is 1.80 bits per heavy atom. The fourth-order valence-electron chi connectivity index (χ4n) is 2.33. The third-order valence-corrected chi connectivity index (χ3v) is 3.69. The molecule has 0 aliphatic heterocycles. The van der Waals surface area contributed by atoms with E-state index in [0.29, 0.717) is 11.3 Å². The van der Waals surface area contributed by atoms with E-state index in [9.17, 15) is 18.4 Å². The predicted molar refractivity (Wildman–Crippen MR) is 106 cm³/mol. The second-order valence-corrected chi connectivity index (χ2v) is 5.94. The molecular weight excluding hydrogens is 398 g/mol. The van der Waals surface area contributed by atoms with E-state index < -0.39 is 18.4 Å². The number of carbonyl (C=O) groups excluding carboxylic acids is 2. The van der Waals surface area contributed by atoms with Crippen LogP contribution in [-0.4, -0.2) is 31.6 Å². The first-order valence-corrected chi connectivity index (χ1v) is 9.06. The second-order valence-electron chi connectivity index (χ2n) is 5.94. The monoisotopic (exact) mass is 420 g/mol. The van der Waals surface area contributed by atoms with Crippen molar-refractivity contribution in [3.63, 3.8) is 0 Å². The number of hydrogen-bond acceptors (Lipinski definition) is 5. The smallest absolute Gasteiger partial charge is 0.387 e. The molecule has 2 aromatic carbocycles. The van der Waals surface area contributed by atoms with Gasteiger partial charge in [-0.1, -0.05) is 24.3 Å².